The van der Waals surface area contributed by atoms with E-state index < -0.39 is 22.0 Å². The van der Waals surface area contributed by atoms with Crippen LogP contribution in [-0.2, 0) is 19.2 Å². The third kappa shape index (κ3) is 5.87. The van der Waals surface area contributed by atoms with Crippen LogP contribution in [0.2, 0.25) is 5.02 Å². The summed E-state index contributed by atoms with van der Waals surface area (Å²) in [6.45, 7) is 0. The van der Waals surface area contributed by atoms with Gasteiger partial charge in [-0.05, 0) is 28.9 Å². The molecule has 0 aliphatic heterocycles. The van der Waals surface area contributed by atoms with Crippen molar-refractivity contribution in [3.63, 3.8) is 0 Å². The van der Waals surface area contributed by atoms with E-state index >= 15 is 0 Å². The zero-order valence-corrected chi connectivity index (χ0v) is 15.2. The molecule has 0 radical (unpaired) electrons. The number of carbonyl (C=O) groups is 1. The van der Waals surface area contributed by atoms with Gasteiger partial charge in [-0.25, -0.2) is 0 Å². The number of pyridine rings is 1. The van der Waals surface area contributed by atoms with Crippen molar-refractivity contribution in [2.45, 2.75) is 0 Å². The van der Waals surface area contributed by atoms with Crippen molar-refractivity contribution in [3.8, 4) is 0 Å². The minimum atomic E-state index is -3.84. The first-order chi connectivity index (χ1) is 12.3. The molecule has 0 aliphatic carbocycles. The van der Waals surface area contributed by atoms with Crippen LogP contribution in [0.4, 0.5) is 0 Å². The number of nitrogens with one attached hydrogen (secondary N) is 1. The highest BCUT2D eigenvalue weighted by Gasteiger charge is 2.15. The summed E-state index contributed by atoms with van der Waals surface area (Å²) in [7, 11) is -3.84. The van der Waals surface area contributed by atoms with Gasteiger partial charge in [0, 0.05) is 28.6 Å². The Morgan fingerprint density at radius 3 is 2.65 bits per heavy atom. The summed E-state index contributed by atoms with van der Waals surface area (Å²) in [6, 6.07) is 10.3. The molecule has 136 valence electrons. The lowest BCUT2D eigenvalue weighted by Crippen LogP contribution is -2.37. The number of halogens is 1. The Morgan fingerprint density at radius 2 is 2.04 bits per heavy atom. The fraction of sp³-hybridized carbons (Fsp3) is 0.0625. The Morgan fingerprint density at radius 1 is 1.31 bits per heavy atom. The topological polar surface area (TPSA) is 124 Å². The van der Waals surface area contributed by atoms with E-state index in [2.05, 4.69) is 19.7 Å². The van der Waals surface area contributed by atoms with Crippen LogP contribution >= 0.6 is 11.6 Å². The molecule has 0 saturated heterocycles. The van der Waals surface area contributed by atoms with Gasteiger partial charge in [0.25, 0.3) is 5.91 Å². The average Bonchev–Trinajstić information content (AvgIpc) is 2.59. The summed E-state index contributed by atoms with van der Waals surface area (Å²) in [5, 5.41) is 5.84. The van der Waals surface area contributed by atoms with Crippen LogP contribution in [0.3, 0.4) is 0 Å². The highest BCUT2D eigenvalue weighted by Crippen LogP contribution is 2.22. The molecule has 1 aromatic carbocycles. The number of nitrogens with two attached hydrogens (primary N) is 1. The van der Waals surface area contributed by atoms with Gasteiger partial charge in [-0.2, -0.15) is 8.42 Å². The van der Waals surface area contributed by atoms with Crippen molar-refractivity contribution in [3.05, 3.63) is 64.9 Å². The number of amides is 1. The third-order valence-corrected chi connectivity index (χ3v) is 3.62. The largest absolute Gasteiger partial charge is 0.367 e. The second-order valence-corrected chi connectivity index (χ2v) is 7.00. The van der Waals surface area contributed by atoms with E-state index in [1.807, 2.05) is 0 Å². The van der Waals surface area contributed by atoms with Crippen molar-refractivity contribution in [2.24, 2.45) is 10.9 Å². The van der Waals surface area contributed by atoms with Crippen molar-refractivity contribution in [2.75, 3.05) is 6.26 Å². The summed E-state index contributed by atoms with van der Waals surface area (Å²) in [4.78, 5) is 16.6. The lowest BCUT2D eigenvalue weighted by atomic mass is 10.0. The summed E-state index contributed by atoms with van der Waals surface area (Å²) in [6.07, 6.45) is 5.40. The molecule has 10 heteroatoms. The second-order valence-electron chi connectivity index (χ2n) is 5.03. The molecule has 0 spiro atoms. The van der Waals surface area contributed by atoms with Gasteiger partial charge in [0.1, 0.15) is 0 Å². The standard InChI is InChI=1S/C16H15ClN4O4S/c1-26(23,24)25-21-16(18)20-15(22)13(12-6-4-8-19-10-12)9-11-5-2-3-7-14(11)17/h2-10H,1H3,(H3,18,20,21,22)/b13-9+. The van der Waals surface area contributed by atoms with E-state index in [1.165, 1.54) is 6.20 Å². The normalized spacial score (nSPS) is 12.5. The number of hydrogen-bond acceptors (Lipinski definition) is 6. The van der Waals surface area contributed by atoms with Gasteiger partial charge < -0.3 is 5.73 Å². The van der Waals surface area contributed by atoms with Gasteiger partial charge in [0.05, 0.1) is 6.26 Å². The Labute approximate surface area is 155 Å². The highest BCUT2D eigenvalue weighted by atomic mass is 35.5. The van der Waals surface area contributed by atoms with Crippen molar-refractivity contribution in [1.82, 2.24) is 10.3 Å². The van der Waals surface area contributed by atoms with Crippen molar-refractivity contribution < 1.29 is 17.5 Å². The molecule has 2 rings (SSSR count). The first kappa shape index (κ1) is 19.4. The molecule has 1 aromatic heterocycles. The summed E-state index contributed by atoms with van der Waals surface area (Å²) < 4.78 is 26.0. The maximum absolute atomic E-state index is 12.6. The predicted octanol–water partition coefficient (Wildman–Crippen LogP) is 1.60. The molecule has 3 N–H and O–H groups in total. The van der Waals surface area contributed by atoms with Crippen LogP contribution in [0.15, 0.2) is 53.9 Å². The van der Waals surface area contributed by atoms with Gasteiger partial charge in [0.15, 0.2) is 0 Å². The van der Waals surface area contributed by atoms with Gasteiger partial charge in [-0.1, -0.05) is 35.9 Å². The van der Waals surface area contributed by atoms with E-state index in [4.69, 9.17) is 17.3 Å². The number of rotatable bonds is 5. The lowest BCUT2D eigenvalue weighted by molar-refractivity contribution is -0.114. The minimum Gasteiger partial charge on any atom is -0.367 e. The van der Waals surface area contributed by atoms with Crippen molar-refractivity contribution >= 4 is 45.2 Å². The third-order valence-electron chi connectivity index (χ3n) is 2.93. The SMILES string of the molecule is CS(=O)(=O)ON=C(N)NC(=O)/C(=C/c1ccccc1Cl)c1cccnc1. The molecule has 0 atom stereocenters. The average molecular weight is 395 g/mol. The fourth-order valence-corrected chi connectivity index (χ4v) is 2.27. The number of carbonyl (C=O) groups excluding carboxylic acids is 1. The summed E-state index contributed by atoms with van der Waals surface area (Å²) in [5.41, 5.74) is 6.78. The van der Waals surface area contributed by atoms with Crippen LogP contribution < -0.4 is 11.1 Å². The number of nitrogens with zero attached hydrogens (tertiary/aromatic N) is 2. The van der Waals surface area contributed by atoms with Gasteiger partial charge in [0.2, 0.25) is 5.96 Å². The first-order valence-corrected chi connectivity index (χ1v) is 9.36. The monoisotopic (exact) mass is 394 g/mol. The predicted molar refractivity (Wildman–Crippen MR) is 99.3 cm³/mol. The Balaban J connectivity index is 2.36. The minimum absolute atomic E-state index is 0.198. The van der Waals surface area contributed by atoms with Crippen LogP contribution in [-0.4, -0.2) is 31.5 Å². The Kier molecular flexibility index (Phi) is 6.31. The molecule has 0 fully saturated rings. The van der Waals surface area contributed by atoms with Gasteiger partial charge >= 0.3 is 10.1 Å². The van der Waals surface area contributed by atoms with Gasteiger partial charge in [-0.15, -0.1) is 0 Å². The number of hydrogen-bond donors (Lipinski definition) is 2. The summed E-state index contributed by atoms with van der Waals surface area (Å²) >= 11 is 6.14. The molecule has 2 aromatic rings. The van der Waals surface area contributed by atoms with E-state index in [1.54, 1.807) is 48.7 Å². The molecule has 1 heterocycles. The van der Waals surface area contributed by atoms with E-state index in [-0.39, 0.29) is 5.57 Å². The Bertz CT molecular complexity index is 959. The first-order valence-electron chi connectivity index (χ1n) is 7.16. The smallest absolute Gasteiger partial charge is 0.325 e. The molecule has 0 aliphatic rings. The fourth-order valence-electron chi connectivity index (χ4n) is 1.86. The number of oxime groups is 1. The van der Waals surface area contributed by atoms with E-state index in [0.717, 1.165) is 6.26 Å². The molecule has 1 amide bonds. The van der Waals surface area contributed by atoms with Crippen LogP contribution in [0.25, 0.3) is 11.6 Å². The van der Waals surface area contributed by atoms with Crippen LogP contribution in [0.1, 0.15) is 11.1 Å². The number of benzene rings is 1. The van der Waals surface area contributed by atoms with Crippen LogP contribution in [0.5, 0.6) is 0 Å². The van der Waals surface area contributed by atoms with E-state index in [0.29, 0.717) is 16.1 Å². The molecule has 0 bridgehead atoms. The number of guanidine groups is 1. The second kappa shape index (κ2) is 8.45. The Hall–Kier alpha value is -2.91. The quantitative estimate of drug-likeness (QED) is 0.343. The number of aromatic nitrogens is 1. The maximum atomic E-state index is 12.6. The van der Waals surface area contributed by atoms with Gasteiger partial charge in [-0.3, -0.25) is 19.4 Å². The summed E-state index contributed by atoms with van der Waals surface area (Å²) in [5.74, 6) is -1.16. The van der Waals surface area contributed by atoms with Crippen molar-refractivity contribution in [1.29, 1.82) is 0 Å². The molecule has 0 saturated carbocycles. The lowest BCUT2D eigenvalue weighted by Gasteiger charge is -2.09. The van der Waals surface area contributed by atoms with E-state index in [9.17, 15) is 13.2 Å². The van der Waals surface area contributed by atoms with Crippen LogP contribution in [0, 0.1) is 0 Å². The molecule has 0 unspecified atom stereocenters. The zero-order valence-electron chi connectivity index (χ0n) is 13.6. The molecular weight excluding hydrogens is 380 g/mol. The molecule has 8 nitrogen and oxygen atoms in total. The molecular formula is C16H15ClN4O4S. The maximum Gasteiger partial charge on any atom is 0.325 e. The zero-order chi connectivity index (χ0) is 19.2. The molecule has 26 heavy (non-hydrogen) atoms. The highest BCUT2D eigenvalue weighted by molar-refractivity contribution is 7.85.